The Hall–Kier alpha value is -4.08. The lowest BCUT2D eigenvalue weighted by Crippen LogP contribution is -2.69. The summed E-state index contributed by atoms with van der Waals surface area (Å²) < 4.78 is 19.0. The third kappa shape index (κ3) is 4.42. The molecule has 1 aromatic heterocycles. The van der Waals surface area contributed by atoms with E-state index in [0.29, 0.717) is 40.9 Å². The highest BCUT2D eigenvalue weighted by atomic mass is 16.5. The van der Waals surface area contributed by atoms with Crippen LogP contribution in [0.5, 0.6) is 5.88 Å². The summed E-state index contributed by atoms with van der Waals surface area (Å²) in [7, 11) is 3.92. The van der Waals surface area contributed by atoms with Gasteiger partial charge in [-0.15, -0.1) is 0 Å². The van der Waals surface area contributed by atoms with E-state index < -0.39 is 23.0 Å². The van der Waals surface area contributed by atoms with E-state index in [4.69, 9.17) is 14.0 Å². The number of aromatic nitrogens is 1. The van der Waals surface area contributed by atoms with E-state index in [1.54, 1.807) is 0 Å². The normalized spacial score (nSPS) is 28.2. The van der Waals surface area contributed by atoms with Crippen LogP contribution in [0.25, 0.3) is 5.57 Å². The fourth-order valence-corrected chi connectivity index (χ4v) is 9.49. The van der Waals surface area contributed by atoms with Crippen LogP contribution in [0.2, 0.25) is 0 Å². The Kier molecular flexibility index (Phi) is 7.75. The summed E-state index contributed by atoms with van der Waals surface area (Å²) in [4.78, 5) is 46.7. The van der Waals surface area contributed by atoms with Gasteiger partial charge < -0.3 is 18.9 Å². The molecule has 246 valence electrons. The molecule has 9 heteroatoms. The molecule has 5 unspecified atom stereocenters. The Morgan fingerprint density at radius 2 is 1.87 bits per heavy atom. The zero-order chi connectivity index (χ0) is 33.2. The molecule has 1 saturated heterocycles. The van der Waals surface area contributed by atoms with E-state index in [1.165, 1.54) is 0 Å². The average molecular weight is 638 g/mol. The van der Waals surface area contributed by atoms with Crippen LogP contribution in [0, 0.1) is 24.2 Å². The zero-order valence-corrected chi connectivity index (χ0v) is 27.9. The molecular formula is C38H43N3O6. The van der Waals surface area contributed by atoms with Crippen LogP contribution in [0.15, 0.2) is 47.5 Å². The average Bonchev–Trinajstić information content (AvgIpc) is 3.72. The molecule has 2 aromatic carbocycles. The minimum atomic E-state index is -1.52. The monoisotopic (exact) mass is 637 g/mol. The molecule has 0 spiro atoms. The maximum Gasteiger partial charge on any atom is 0.262 e. The molecule has 3 aliphatic carbocycles. The first-order chi connectivity index (χ1) is 22.6. The minimum Gasteiger partial charge on any atom is -0.470 e. The highest BCUT2D eigenvalue weighted by Crippen LogP contribution is 2.66. The van der Waals surface area contributed by atoms with Crippen molar-refractivity contribution in [2.45, 2.75) is 64.7 Å². The van der Waals surface area contributed by atoms with Gasteiger partial charge in [-0.25, -0.2) is 0 Å². The third-order valence-corrected chi connectivity index (χ3v) is 11.1. The number of carbonyl (C=O) groups excluding carboxylic acids is 3. The van der Waals surface area contributed by atoms with E-state index in [1.807, 2.05) is 69.2 Å². The molecule has 0 amide bonds. The van der Waals surface area contributed by atoms with Gasteiger partial charge in [0.15, 0.2) is 29.2 Å². The van der Waals surface area contributed by atoms with Crippen LogP contribution in [0.4, 0.5) is 5.69 Å². The fourth-order valence-electron chi connectivity index (χ4n) is 9.49. The van der Waals surface area contributed by atoms with Gasteiger partial charge in [0.25, 0.3) is 5.88 Å². The Labute approximate surface area is 275 Å². The minimum absolute atomic E-state index is 0.191. The molecule has 3 aromatic rings. The van der Waals surface area contributed by atoms with Crippen LogP contribution in [0.1, 0.15) is 87.9 Å². The molecule has 5 atom stereocenters. The van der Waals surface area contributed by atoms with Crippen LogP contribution in [-0.4, -0.2) is 67.3 Å². The summed E-state index contributed by atoms with van der Waals surface area (Å²) >= 11 is 0. The third-order valence-electron chi connectivity index (χ3n) is 11.1. The van der Waals surface area contributed by atoms with Gasteiger partial charge in [-0.1, -0.05) is 43.8 Å². The molecule has 47 heavy (non-hydrogen) atoms. The number of aldehydes is 1. The lowest BCUT2D eigenvalue weighted by Gasteiger charge is -2.61. The second-order valence-corrected chi connectivity index (χ2v) is 14.0. The molecule has 7 rings (SSSR count). The standard InChI is InChI=1S/C38H43N3O6/c1-7-46-38-23(3)29-33(47-39-36(29)45-21-24-13-9-8-10-14-24)34(40(5)6)37(38,4)19-25-18-27-28(32(43)30(25)35(38)44)22(2)17-26(20-42)31(27)41-15-11-12-16-41/h8-10,13-14,17,20,25,30,34H,3,7,11-12,15-16,18-19,21H2,1-2,4-6H3. The highest BCUT2D eigenvalue weighted by molar-refractivity contribution is 6.20. The van der Waals surface area contributed by atoms with Crippen molar-refractivity contribution in [1.82, 2.24) is 10.1 Å². The molecule has 1 saturated carbocycles. The number of carbonyl (C=O) groups is 3. The second-order valence-electron chi connectivity index (χ2n) is 14.0. The Morgan fingerprint density at radius 1 is 1.15 bits per heavy atom. The largest absolute Gasteiger partial charge is 0.470 e. The number of ketones is 2. The van der Waals surface area contributed by atoms with Crippen molar-refractivity contribution in [1.29, 1.82) is 0 Å². The molecule has 1 aliphatic heterocycles. The van der Waals surface area contributed by atoms with Gasteiger partial charge in [-0.05, 0) is 87.5 Å². The molecule has 4 aliphatic rings. The lowest BCUT2D eigenvalue weighted by atomic mass is 9.46. The highest BCUT2D eigenvalue weighted by Gasteiger charge is 2.71. The number of benzene rings is 2. The summed E-state index contributed by atoms with van der Waals surface area (Å²) in [6, 6.07) is 11.2. The number of rotatable bonds is 8. The van der Waals surface area contributed by atoms with E-state index in [2.05, 4.69) is 23.6 Å². The van der Waals surface area contributed by atoms with Crippen molar-refractivity contribution in [3.8, 4) is 5.88 Å². The summed E-state index contributed by atoms with van der Waals surface area (Å²) in [5, 5.41) is 4.37. The molecule has 9 nitrogen and oxygen atoms in total. The molecule has 2 heterocycles. The molecule has 2 fully saturated rings. The van der Waals surface area contributed by atoms with Gasteiger partial charge in [-0.3, -0.25) is 19.3 Å². The Balaban J connectivity index is 1.37. The van der Waals surface area contributed by atoms with Gasteiger partial charge in [0.2, 0.25) is 0 Å². The quantitative estimate of drug-likeness (QED) is 0.216. The molecule has 0 bridgehead atoms. The van der Waals surface area contributed by atoms with Crippen molar-refractivity contribution < 1.29 is 28.4 Å². The van der Waals surface area contributed by atoms with Gasteiger partial charge in [0.05, 0.1) is 23.2 Å². The predicted molar refractivity (Wildman–Crippen MR) is 178 cm³/mol. The van der Waals surface area contributed by atoms with Gasteiger partial charge >= 0.3 is 0 Å². The Morgan fingerprint density at radius 3 is 2.53 bits per heavy atom. The van der Waals surface area contributed by atoms with Crippen LogP contribution in [-0.2, 0) is 22.6 Å². The van der Waals surface area contributed by atoms with Crippen LogP contribution >= 0.6 is 0 Å². The fraction of sp³-hybridized carbons (Fsp3) is 0.474. The second kappa shape index (κ2) is 11.6. The maximum atomic E-state index is 15.3. The first-order valence-corrected chi connectivity index (χ1v) is 16.7. The van der Waals surface area contributed by atoms with E-state index in [9.17, 15) is 9.59 Å². The van der Waals surface area contributed by atoms with Gasteiger partial charge in [-0.2, -0.15) is 0 Å². The number of anilines is 1. The maximum absolute atomic E-state index is 15.3. The topological polar surface area (TPSA) is 102 Å². The van der Waals surface area contributed by atoms with E-state index in [0.717, 1.165) is 54.6 Å². The van der Waals surface area contributed by atoms with Gasteiger partial charge in [0.1, 0.15) is 6.61 Å². The van der Waals surface area contributed by atoms with Gasteiger partial charge in [0, 0.05) is 41.8 Å². The van der Waals surface area contributed by atoms with Crippen molar-refractivity contribution in [2.24, 2.45) is 17.3 Å². The first kappa shape index (κ1) is 31.5. The van der Waals surface area contributed by atoms with Crippen molar-refractivity contribution in [3.05, 3.63) is 82.1 Å². The summed E-state index contributed by atoms with van der Waals surface area (Å²) in [5.74, 6) is -0.839. The van der Waals surface area contributed by atoms with Crippen LogP contribution in [0.3, 0.4) is 0 Å². The number of ether oxygens (including phenoxy) is 2. The molecule has 0 radical (unpaired) electrons. The SMILES string of the molecule is C=C1c2c(OCc3ccccc3)noc2C(N(C)C)C2(C)CC3Cc4c(c(C)cc(C=O)c4N4CCCC4)C(=O)C3C(=O)C12OCC. The molecule has 0 N–H and O–H groups in total. The number of Topliss-reactive ketones (excluding diaryl/α,β-unsaturated/α-hetero) is 2. The number of hydrogen-bond acceptors (Lipinski definition) is 9. The van der Waals surface area contributed by atoms with Crippen LogP contribution < -0.4 is 9.64 Å². The van der Waals surface area contributed by atoms with Crippen molar-refractivity contribution in [3.63, 3.8) is 0 Å². The zero-order valence-electron chi connectivity index (χ0n) is 27.9. The number of aryl methyl sites for hydroxylation is 1. The molecular weight excluding hydrogens is 594 g/mol. The summed E-state index contributed by atoms with van der Waals surface area (Å²) in [6.07, 6.45) is 4.00. The number of hydrogen-bond donors (Lipinski definition) is 0. The Bertz CT molecular complexity index is 1770. The van der Waals surface area contributed by atoms with Crippen molar-refractivity contribution >= 4 is 29.1 Å². The van der Waals surface area contributed by atoms with E-state index in [-0.39, 0.29) is 36.6 Å². The predicted octanol–water partition coefficient (Wildman–Crippen LogP) is 6.03. The summed E-state index contributed by atoms with van der Waals surface area (Å²) in [6.45, 7) is 12.5. The van der Waals surface area contributed by atoms with E-state index >= 15 is 4.79 Å². The smallest absolute Gasteiger partial charge is 0.262 e. The number of fused-ring (bicyclic) bond motifs is 4. The first-order valence-electron chi connectivity index (χ1n) is 16.7. The number of nitrogens with zero attached hydrogens (tertiary/aromatic N) is 3. The summed E-state index contributed by atoms with van der Waals surface area (Å²) in [5.41, 5.74) is 3.19. The lowest BCUT2D eigenvalue weighted by molar-refractivity contribution is -0.181. The van der Waals surface area contributed by atoms with Crippen molar-refractivity contribution in [2.75, 3.05) is 38.7 Å².